The molecule has 0 unspecified atom stereocenters. The van der Waals surface area contributed by atoms with Gasteiger partial charge in [-0.1, -0.05) is 29.5 Å². The maximum absolute atomic E-state index is 4.44. The van der Waals surface area contributed by atoms with Gasteiger partial charge in [-0.05, 0) is 24.1 Å². The molecule has 0 spiro atoms. The maximum Gasteiger partial charge on any atom is 0.193 e. The number of thiazole rings is 1. The molecule has 1 aromatic carbocycles. The summed E-state index contributed by atoms with van der Waals surface area (Å²) in [6.07, 6.45) is 1.87. The van der Waals surface area contributed by atoms with Crippen LogP contribution in [0.25, 0.3) is 10.2 Å². The van der Waals surface area contributed by atoms with Crippen LogP contribution < -0.4 is 4.72 Å². The van der Waals surface area contributed by atoms with Crippen LogP contribution in [-0.4, -0.2) is 10.7 Å². The predicted octanol–water partition coefficient (Wildman–Crippen LogP) is 3.54. The topological polar surface area (TPSA) is 24.9 Å². The summed E-state index contributed by atoms with van der Waals surface area (Å²) in [5.41, 5.74) is 1.05. The van der Waals surface area contributed by atoms with E-state index >= 15 is 0 Å². The summed E-state index contributed by atoms with van der Waals surface area (Å²) < 4.78 is 4.40. The molecule has 0 bridgehead atoms. The van der Waals surface area contributed by atoms with Crippen molar-refractivity contribution in [2.24, 2.45) is 0 Å². The van der Waals surface area contributed by atoms with Gasteiger partial charge < -0.3 is 4.72 Å². The molecule has 72 valence electrons. The van der Waals surface area contributed by atoms with E-state index < -0.39 is 0 Å². The van der Waals surface area contributed by atoms with Crippen LogP contribution in [0.4, 0.5) is 5.13 Å². The average Bonchev–Trinajstić information content (AvgIpc) is 2.60. The average molecular weight is 222 g/mol. The lowest BCUT2D eigenvalue weighted by Crippen LogP contribution is -1.85. The van der Waals surface area contributed by atoms with E-state index in [1.165, 1.54) is 4.70 Å². The zero-order chi connectivity index (χ0) is 9.80. The Balaban J connectivity index is 2.14. The van der Waals surface area contributed by atoms with Crippen LogP contribution in [0.5, 0.6) is 0 Å². The first kappa shape index (κ1) is 9.55. The number of aromatic nitrogens is 1. The fourth-order valence-corrected chi connectivity index (χ4v) is 2.51. The normalized spacial score (nSPS) is 10.3. The molecule has 0 saturated heterocycles. The SMILES string of the molecule is C=CCSNc1nc2ccccc2s1. The second-order valence-electron chi connectivity index (χ2n) is 2.69. The smallest absolute Gasteiger partial charge is 0.193 e. The van der Waals surface area contributed by atoms with Gasteiger partial charge in [-0.2, -0.15) is 0 Å². The Morgan fingerprint density at radius 3 is 3.14 bits per heavy atom. The van der Waals surface area contributed by atoms with Crippen molar-refractivity contribution in [3.63, 3.8) is 0 Å². The van der Waals surface area contributed by atoms with Crippen LogP contribution in [0.15, 0.2) is 36.9 Å². The Bertz CT molecular complexity index is 403. The Hall–Kier alpha value is -1.00. The molecule has 1 aromatic heterocycles. The highest BCUT2D eigenvalue weighted by Gasteiger charge is 2.00. The number of hydrogen-bond acceptors (Lipinski definition) is 4. The zero-order valence-electron chi connectivity index (χ0n) is 7.56. The first-order valence-electron chi connectivity index (χ1n) is 4.24. The molecular formula is C10H10N2S2. The third kappa shape index (κ3) is 2.08. The van der Waals surface area contributed by atoms with E-state index in [1.807, 2.05) is 24.3 Å². The minimum absolute atomic E-state index is 0.885. The molecule has 0 aliphatic heterocycles. The number of nitrogens with zero attached hydrogens (tertiary/aromatic N) is 1. The van der Waals surface area contributed by atoms with Crippen molar-refractivity contribution < 1.29 is 0 Å². The van der Waals surface area contributed by atoms with E-state index in [1.54, 1.807) is 23.3 Å². The van der Waals surface area contributed by atoms with Gasteiger partial charge in [0, 0.05) is 5.75 Å². The van der Waals surface area contributed by atoms with E-state index in [-0.39, 0.29) is 0 Å². The van der Waals surface area contributed by atoms with Crippen molar-refractivity contribution in [3.05, 3.63) is 36.9 Å². The molecule has 4 heteroatoms. The molecule has 0 saturated carbocycles. The quantitative estimate of drug-likeness (QED) is 0.486. The highest BCUT2D eigenvalue weighted by molar-refractivity contribution is 8.00. The Morgan fingerprint density at radius 1 is 1.50 bits per heavy atom. The summed E-state index contributed by atoms with van der Waals surface area (Å²) >= 11 is 3.27. The van der Waals surface area contributed by atoms with Gasteiger partial charge in [-0.25, -0.2) is 4.98 Å². The van der Waals surface area contributed by atoms with Crippen LogP contribution in [0.3, 0.4) is 0 Å². The van der Waals surface area contributed by atoms with E-state index in [4.69, 9.17) is 0 Å². The molecule has 0 amide bonds. The van der Waals surface area contributed by atoms with Crippen molar-refractivity contribution in [3.8, 4) is 0 Å². The van der Waals surface area contributed by atoms with Gasteiger partial charge in [0.1, 0.15) is 0 Å². The van der Waals surface area contributed by atoms with Gasteiger partial charge in [0.2, 0.25) is 0 Å². The summed E-state index contributed by atoms with van der Waals surface area (Å²) in [7, 11) is 0. The number of benzene rings is 1. The number of rotatable bonds is 4. The zero-order valence-corrected chi connectivity index (χ0v) is 9.20. The van der Waals surface area contributed by atoms with Gasteiger partial charge in [-0.3, -0.25) is 0 Å². The lowest BCUT2D eigenvalue weighted by Gasteiger charge is -1.95. The number of hydrogen-bond donors (Lipinski definition) is 1. The second-order valence-corrected chi connectivity index (χ2v) is 4.55. The lowest BCUT2D eigenvalue weighted by molar-refractivity contribution is 1.49. The molecule has 14 heavy (non-hydrogen) atoms. The van der Waals surface area contributed by atoms with Crippen molar-refractivity contribution >= 4 is 38.6 Å². The lowest BCUT2D eigenvalue weighted by atomic mass is 10.3. The molecule has 1 N–H and O–H groups in total. The van der Waals surface area contributed by atoms with Crippen molar-refractivity contribution in [1.29, 1.82) is 0 Å². The highest BCUT2D eigenvalue weighted by Crippen LogP contribution is 2.26. The summed E-state index contributed by atoms with van der Waals surface area (Å²) in [5, 5.41) is 0.957. The molecule has 1 heterocycles. The highest BCUT2D eigenvalue weighted by atomic mass is 32.2. The number of fused-ring (bicyclic) bond motifs is 1. The Labute approximate surface area is 91.2 Å². The summed E-state index contributed by atoms with van der Waals surface area (Å²) in [6.45, 7) is 3.66. The van der Waals surface area contributed by atoms with Crippen molar-refractivity contribution in [2.75, 3.05) is 10.5 Å². The van der Waals surface area contributed by atoms with E-state index in [0.29, 0.717) is 0 Å². The monoisotopic (exact) mass is 222 g/mol. The molecular weight excluding hydrogens is 212 g/mol. The third-order valence-corrected chi connectivity index (χ3v) is 3.48. The van der Waals surface area contributed by atoms with Crippen molar-refractivity contribution in [2.45, 2.75) is 0 Å². The standard InChI is InChI=1S/C10H10N2S2/c1-2-7-13-12-10-11-8-5-3-4-6-9(8)14-10/h2-6H,1,7H2,(H,11,12). The minimum atomic E-state index is 0.885. The van der Waals surface area contributed by atoms with Gasteiger partial charge >= 0.3 is 0 Å². The summed E-state index contributed by atoms with van der Waals surface area (Å²) in [6, 6.07) is 8.13. The largest absolute Gasteiger partial charge is 0.305 e. The molecule has 2 aromatic rings. The van der Waals surface area contributed by atoms with Crippen LogP contribution in [0, 0.1) is 0 Å². The Kier molecular flexibility index (Phi) is 3.06. The van der Waals surface area contributed by atoms with Crippen LogP contribution >= 0.6 is 23.3 Å². The molecule has 0 atom stereocenters. The van der Waals surface area contributed by atoms with E-state index in [9.17, 15) is 0 Å². The van der Waals surface area contributed by atoms with Crippen molar-refractivity contribution in [1.82, 2.24) is 4.98 Å². The second kappa shape index (κ2) is 4.48. The maximum atomic E-state index is 4.44. The minimum Gasteiger partial charge on any atom is -0.305 e. The third-order valence-electron chi connectivity index (χ3n) is 1.65. The van der Waals surface area contributed by atoms with Crippen LogP contribution in [-0.2, 0) is 0 Å². The molecule has 2 rings (SSSR count). The molecule has 0 fully saturated rings. The van der Waals surface area contributed by atoms with Crippen LogP contribution in [0.2, 0.25) is 0 Å². The Morgan fingerprint density at radius 2 is 2.36 bits per heavy atom. The molecule has 2 nitrogen and oxygen atoms in total. The van der Waals surface area contributed by atoms with E-state index in [0.717, 1.165) is 16.4 Å². The molecule has 0 aliphatic carbocycles. The predicted molar refractivity (Wildman–Crippen MR) is 65.9 cm³/mol. The fraction of sp³-hybridized carbons (Fsp3) is 0.100. The van der Waals surface area contributed by atoms with Crippen LogP contribution in [0.1, 0.15) is 0 Å². The van der Waals surface area contributed by atoms with E-state index in [2.05, 4.69) is 22.4 Å². The first-order chi connectivity index (χ1) is 6.90. The fourth-order valence-electron chi connectivity index (χ4n) is 1.08. The molecule has 0 radical (unpaired) electrons. The molecule has 0 aliphatic rings. The summed E-state index contributed by atoms with van der Waals surface area (Å²) in [4.78, 5) is 4.44. The van der Waals surface area contributed by atoms with Gasteiger partial charge in [-0.15, -0.1) is 6.58 Å². The number of para-hydroxylation sites is 1. The van der Waals surface area contributed by atoms with Gasteiger partial charge in [0.15, 0.2) is 5.13 Å². The number of anilines is 1. The number of nitrogens with one attached hydrogen (secondary N) is 1. The summed E-state index contributed by atoms with van der Waals surface area (Å²) in [5.74, 6) is 0.885. The van der Waals surface area contributed by atoms with Gasteiger partial charge in [0.05, 0.1) is 10.2 Å². The van der Waals surface area contributed by atoms with Gasteiger partial charge in [0.25, 0.3) is 0 Å². The first-order valence-corrected chi connectivity index (χ1v) is 6.04.